The molecule has 1 aromatic rings. The average molecular weight is 283 g/mol. The third kappa shape index (κ3) is 2.86. The van der Waals surface area contributed by atoms with Crippen LogP contribution in [0.15, 0.2) is 5.38 Å². The number of carboxylic acid groups (broad SMARTS) is 1. The fraction of sp³-hybridized carbons (Fsp3) is 0.583. The Morgan fingerprint density at radius 2 is 2.37 bits per heavy atom. The Morgan fingerprint density at radius 3 is 2.89 bits per heavy atom. The van der Waals surface area contributed by atoms with Crippen LogP contribution in [0.4, 0.5) is 9.93 Å². The van der Waals surface area contributed by atoms with Gasteiger partial charge in [-0.1, -0.05) is 6.92 Å². The monoisotopic (exact) mass is 283 g/mol. The first-order valence-corrected chi connectivity index (χ1v) is 7.06. The Labute approximate surface area is 115 Å². The van der Waals surface area contributed by atoms with Crippen LogP contribution in [0.1, 0.15) is 26.0 Å². The largest absolute Gasteiger partial charge is 0.481 e. The van der Waals surface area contributed by atoms with Gasteiger partial charge in [0.2, 0.25) is 0 Å². The van der Waals surface area contributed by atoms with Gasteiger partial charge in [0.1, 0.15) is 0 Å². The predicted molar refractivity (Wildman–Crippen MR) is 72.4 cm³/mol. The number of carboxylic acids is 1. The zero-order valence-corrected chi connectivity index (χ0v) is 11.8. The van der Waals surface area contributed by atoms with Crippen LogP contribution in [-0.4, -0.2) is 40.1 Å². The third-order valence-corrected chi connectivity index (χ3v) is 4.21. The fourth-order valence-corrected chi connectivity index (χ4v) is 2.79. The minimum atomic E-state index is -0.856. The summed E-state index contributed by atoms with van der Waals surface area (Å²) in [4.78, 5) is 28.9. The standard InChI is InChI=1S/C12H17N3O3S/c1-3-8-6-19-10(13-8)14-11(18)15-5-4-12(2,7-15)9(16)17/h6H,3-5,7H2,1-2H3,(H,16,17)(H,13,14,18). The van der Waals surface area contributed by atoms with Crippen molar-refractivity contribution < 1.29 is 14.7 Å². The van der Waals surface area contributed by atoms with E-state index in [2.05, 4.69) is 10.3 Å². The van der Waals surface area contributed by atoms with E-state index in [-0.39, 0.29) is 12.6 Å². The van der Waals surface area contributed by atoms with Crippen LogP contribution in [0.5, 0.6) is 0 Å². The van der Waals surface area contributed by atoms with Crippen LogP contribution in [0.3, 0.4) is 0 Å². The highest BCUT2D eigenvalue weighted by atomic mass is 32.1. The summed E-state index contributed by atoms with van der Waals surface area (Å²) < 4.78 is 0. The molecule has 2 rings (SSSR count). The van der Waals surface area contributed by atoms with Crippen LogP contribution in [-0.2, 0) is 11.2 Å². The summed E-state index contributed by atoms with van der Waals surface area (Å²) in [6, 6.07) is -0.276. The molecule has 0 spiro atoms. The molecule has 0 aliphatic carbocycles. The first-order chi connectivity index (χ1) is 8.94. The highest BCUT2D eigenvalue weighted by molar-refractivity contribution is 7.13. The number of nitrogens with zero attached hydrogens (tertiary/aromatic N) is 2. The van der Waals surface area contributed by atoms with E-state index >= 15 is 0 Å². The van der Waals surface area contributed by atoms with Crippen LogP contribution in [0, 0.1) is 5.41 Å². The van der Waals surface area contributed by atoms with Gasteiger partial charge in [-0.25, -0.2) is 9.78 Å². The van der Waals surface area contributed by atoms with E-state index in [1.54, 1.807) is 6.92 Å². The van der Waals surface area contributed by atoms with Gasteiger partial charge in [-0.2, -0.15) is 0 Å². The third-order valence-electron chi connectivity index (χ3n) is 3.40. The quantitative estimate of drug-likeness (QED) is 0.889. The Bertz CT molecular complexity index is 502. The van der Waals surface area contributed by atoms with Crippen molar-refractivity contribution in [2.75, 3.05) is 18.4 Å². The number of likely N-dealkylation sites (tertiary alicyclic amines) is 1. The van der Waals surface area contributed by atoms with Crippen LogP contribution < -0.4 is 5.32 Å². The molecule has 1 aromatic heterocycles. The van der Waals surface area contributed by atoms with Crippen molar-refractivity contribution in [3.63, 3.8) is 0 Å². The molecule has 0 radical (unpaired) electrons. The summed E-state index contributed by atoms with van der Waals surface area (Å²) in [5.41, 5.74) is 0.103. The van der Waals surface area contributed by atoms with Gasteiger partial charge in [0.15, 0.2) is 5.13 Å². The van der Waals surface area contributed by atoms with Gasteiger partial charge >= 0.3 is 12.0 Å². The lowest BCUT2D eigenvalue weighted by Crippen LogP contribution is -2.37. The summed E-state index contributed by atoms with van der Waals surface area (Å²) in [7, 11) is 0. The normalized spacial score (nSPS) is 22.5. The maximum Gasteiger partial charge on any atom is 0.323 e. The van der Waals surface area contributed by atoms with Gasteiger partial charge < -0.3 is 10.0 Å². The minimum Gasteiger partial charge on any atom is -0.481 e. The lowest BCUT2D eigenvalue weighted by Gasteiger charge is -2.19. The van der Waals surface area contributed by atoms with Crippen LogP contribution in [0.2, 0.25) is 0 Å². The van der Waals surface area contributed by atoms with Crippen molar-refractivity contribution >= 4 is 28.5 Å². The molecule has 0 aromatic carbocycles. The second kappa shape index (κ2) is 5.16. The number of thiazole rings is 1. The number of aliphatic carboxylic acids is 1. The van der Waals surface area contributed by atoms with E-state index in [1.807, 2.05) is 12.3 Å². The number of amides is 2. The molecule has 1 saturated heterocycles. The molecule has 104 valence electrons. The number of urea groups is 1. The molecule has 19 heavy (non-hydrogen) atoms. The lowest BCUT2D eigenvalue weighted by molar-refractivity contribution is -0.146. The zero-order chi connectivity index (χ0) is 14.0. The number of hydrogen-bond donors (Lipinski definition) is 2. The van der Waals surface area contributed by atoms with Crippen LogP contribution >= 0.6 is 11.3 Å². The minimum absolute atomic E-state index is 0.236. The molecule has 7 heteroatoms. The van der Waals surface area contributed by atoms with E-state index in [0.717, 1.165) is 12.1 Å². The molecule has 2 heterocycles. The average Bonchev–Trinajstić information content (AvgIpc) is 2.96. The number of aryl methyl sites for hydroxylation is 1. The maximum atomic E-state index is 12.0. The first-order valence-electron chi connectivity index (χ1n) is 6.18. The molecule has 0 bridgehead atoms. The van der Waals surface area contributed by atoms with Crippen molar-refractivity contribution in [1.82, 2.24) is 9.88 Å². The highest BCUT2D eigenvalue weighted by Crippen LogP contribution is 2.30. The predicted octanol–water partition coefficient (Wildman–Crippen LogP) is 2.03. The van der Waals surface area contributed by atoms with Crippen molar-refractivity contribution in [2.45, 2.75) is 26.7 Å². The first kappa shape index (κ1) is 13.8. The molecular formula is C12H17N3O3S. The molecule has 1 atom stereocenters. The Balaban J connectivity index is 1.96. The summed E-state index contributed by atoms with van der Waals surface area (Å²) in [6.45, 7) is 4.36. The Kier molecular flexibility index (Phi) is 3.75. The van der Waals surface area contributed by atoms with E-state index < -0.39 is 11.4 Å². The Hall–Kier alpha value is -1.63. The molecule has 2 amide bonds. The van der Waals surface area contributed by atoms with Gasteiger partial charge in [0.25, 0.3) is 0 Å². The number of rotatable bonds is 3. The summed E-state index contributed by atoms with van der Waals surface area (Å²) >= 11 is 1.38. The smallest absolute Gasteiger partial charge is 0.323 e. The van der Waals surface area contributed by atoms with Gasteiger partial charge in [0, 0.05) is 18.5 Å². The molecular weight excluding hydrogens is 266 g/mol. The summed E-state index contributed by atoms with van der Waals surface area (Å²) in [5, 5.41) is 14.3. The van der Waals surface area contributed by atoms with Gasteiger partial charge in [0.05, 0.1) is 11.1 Å². The lowest BCUT2D eigenvalue weighted by atomic mass is 9.90. The summed E-state index contributed by atoms with van der Waals surface area (Å²) in [5.74, 6) is -0.856. The van der Waals surface area contributed by atoms with Gasteiger partial charge in [-0.15, -0.1) is 11.3 Å². The van der Waals surface area contributed by atoms with Gasteiger partial charge in [-0.3, -0.25) is 10.1 Å². The molecule has 1 unspecified atom stereocenters. The van der Waals surface area contributed by atoms with E-state index in [9.17, 15) is 9.59 Å². The Morgan fingerprint density at radius 1 is 1.63 bits per heavy atom. The van der Waals surface area contributed by atoms with E-state index in [1.165, 1.54) is 16.2 Å². The SMILES string of the molecule is CCc1csc(NC(=O)N2CCC(C)(C(=O)O)C2)n1. The number of hydrogen-bond acceptors (Lipinski definition) is 4. The highest BCUT2D eigenvalue weighted by Gasteiger charge is 2.42. The molecule has 1 aliphatic rings. The van der Waals surface area contributed by atoms with Crippen molar-refractivity contribution in [3.8, 4) is 0 Å². The number of anilines is 1. The molecule has 1 aliphatic heterocycles. The van der Waals surface area contributed by atoms with Crippen molar-refractivity contribution in [1.29, 1.82) is 0 Å². The number of carbonyl (C=O) groups excluding carboxylic acids is 1. The number of aromatic nitrogens is 1. The van der Waals surface area contributed by atoms with E-state index in [0.29, 0.717) is 18.1 Å². The second-order valence-corrected chi connectivity index (χ2v) is 5.82. The van der Waals surface area contributed by atoms with Crippen LogP contribution in [0.25, 0.3) is 0 Å². The molecule has 1 fully saturated rings. The molecule has 0 saturated carbocycles. The van der Waals surface area contributed by atoms with E-state index in [4.69, 9.17) is 5.11 Å². The fourth-order valence-electron chi connectivity index (χ4n) is 2.01. The van der Waals surface area contributed by atoms with Crippen molar-refractivity contribution in [3.05, 3.63) is 11.1 Å². The molecule has 6 nitrogen and oxygen atoms in total. The topological polar surface area (TPSA) is 82.5 Å². The molecule has 2 N–H and O–H groups in total. The zero-order valence-electron chi connectivity index (χ0n) is 11.0. The second-order valence-electron chi connectivity index (χ2n) is 4.97. The van der Waals surface area contributed by atoms with Gasteiger partial charge in [-0.05, 0) is 19.8 Å². The maximum absolute atomic E-state index is 12.0. The summed E-state index contributed by atoms with van der Waals surface area (Å²) in [6.07, 6.45) is 1.31. The number of carbonyl (C=O) groups is 2. The number of nitrogens with one attached hydrogen (secondary N) is 1. The van der Waals surface area contributed by atoms with Crippen molar-refractivity contribution in [2.24, 2.45) is 5.41 Å².